The van der Waals surface area contributed by atoms with Crippen LogP contribution in [-0.4, -0.2) is 75.3 Å². The normalized spacial score (nSPS) is 28.1. The summed E-state index contributed by atoms with van der Waals surface area (Å²) in [7, 11) is 0. The number of aliphatic hydroxyl groups excluding tert-OH is 1. The molecule has 1 aliphatic carbocycles. The number of Topliss-reactive ketones (excluding diaryl/α,β-unsaturated/α-hetero) is 1. The molecule has 6 nitrogen and oxygen atoms in total. The summed E-state index contributed by atoms with van der Waals surface area (Å²) in [6, 6.07) is 5.17. The van der Waals surface area contributed by atoms with Crippen molar-refractivity contribution < 1.29 is 24.2 Å². The molecule has 1 aromatic rings. The number of hydrogen-bond donors (Lipinski definition) is 3. The van der Waals surface area contributed by atoms with Crippen molar-refractivity contribution in [3.05, 3.63) is 47.3 Å². The summed E-state index contributed by atoms with van der Waals surface area (Å²) < 4.78 is 14.6. The Balaban J connectivity index is 0.00000193. The van der Waals surface area contributed by atoms with Crippen LogP contribution in [0.2, 0.25) is 0 Å². The van der Waals surface area contributed by atoms with Crippen LogP contribution < -0.4 is 0 Å². The number of benzene rings is 1. The van der Waals surface area contributed by atoms with Crippen molar-refractivity contribution in [2.24, 2.45) is 5.92 Å². The number of hydrogen-bond acceptors (Lipinski definition) is 6. The zero-order chi connectivity index (χ0) is 22.1. The van der Waals surface area contributed by atoms with Gasteiger partial charge >= 0.3 is 5.97 Å². The molecule has 184 valence electrons. The monoisotopic (exact) mass is 520 g/mol. The van der Waals surface area contributed by atoms with Crippen molar-refractivity contribution in [1.82, 2.24) is 9.80 Å². The fraction of sp³-hybridized carbons (Fsp3) is 0.565. The van der Waals surface area contributed by atoms with Crippen LogP contribution in [0.4, 0.5) is 4.39 Å². The average Bonchev–Trinajstić information content (AvgIpc) is 3.52. The molecule has 2 aliphatic heterocycles. The van der Waals surface area contributed by atoms with Gasteiger partial charge in [-0.2, -0.15) is 12.6 Å². The molecule has 2 N–H and O–H groups in total. The number of rotatable bonds is 7. The predicted molar refractivity (Wildman–Crippen MR) is 132 cm³/mol. The molecule has 4 atom stereocenters. The average molecular weight is 521 g/mol. The Morgan fingerprint density at radius 2 is 1.91 bits per heavy atom. The van der Waals surface area contributed by atoms with E-state index in [9.17, 15) is 24.2 Å². The molecule has 0 bridgehead atoms. The number of aliphatic carboxylic acids is 1. The van der Waals surface area contributed by atoms with Gasteiger partial charge in [-0.15, -0.1) is 24.8 Å². The lowest BCUT2D eigenvalue weighted by Gasteiger charge is -2.38. The van der Waals surface area contributed by atoms with Gasteiger partial charge in [-0.3, -0.25) is 19.4 Å². The van der Waals surface area contributed by atoms with Crippen molar-refractivity contribution in [2.75, 3.05) is 26.2 Å². The molecule has 2 heterocycles. The van der Waals surface area contributed by atoms with E-state index >= 15 is 0 Å². The Labute approximate surface area is 211 Å². The molecular weight excluding hydrogens is 490 g/mol. The van der Waals surface area contributed by atoms with Gasteiger partial charge < -0.3 is 10.2 Å². The number of thiol groups is 1. The van der Waals surface area contributed by atoms with Gasteiger partial charge in [-0.05, 0) is 30.9 Å². The van der Waals surface area contributed by atoms with Crippen LogP contribution in [0, 0.1) is 11.7 Å². The minimum atomic E-state index is -0.933. The Hall–Kier alpha value is -1.16. The molecule has 3 fully saturated rings. The molecule has 2 saturated heterocycles. The highest BCUT2D eigenvalue weighted by atomic mass is 35.5. The van der Waals surface area contributed by atoms with E-state index in [-0.39, 0.29) is 54.0 Å². The van der Waals surface area contributed by atoms with Crippen LogP contribution in [0.1, 0.15) is 37.3 Å². The molecule has 0 aromatic heterocycles. The number of carboxylic acids is 1. The Kier molecular flexibility index (Phi) is 10.2. The molecule has 2 unspecified atom stereocenters. The van der Waals surface area contributed by atoms with Crippen LogP contribution in [0.15, 0.2) is 35.9 Å². The van der Waals surface area contributed by atoms with Gasteiger partial charge in [-0.1, -0.05) is 24.3 Å². The van der Waals surface area contributed by atoms with Gasteiger partial charge in [0, 0.05) is 49.3 Å². The minimum absolute atomic E-state index is 0. The first kappa shape index (κ1) is 28.1. The number of halogens is 3. The number of carbonyl (C=O) groups excluding carboxylic acids is 1. The number of piperidine rings is 1. The number of carbonyl (C=O) groups is 2. The van der Waals surface area contributed by atoms with E-state index in [1.54, 1.807) is 23.1 Å². The number of likely N-dealkylation sites (tertiary alicyclic amines) is 2. The number of β-amino-alcohol motifs (C(OH)–C–C–N with tert-alkyl or cyclic N) is 1. The van der Waals surface area contributed by atoms with Gasteiger partial charge in [0.05, 0.1) is 12.1 Å². The Morgan fingerprint density at radius 3 is 2.55 bits per heavy atom. The summed E-state index contributed by atoms with van der Waals surface area (Å²) in [6.45, 7) is 1.85. The van der Waals surface area contributed by atoms with Gasteiger partial charge in [0.1, 0.15) is 11.9 Å². The van der Waals surface area contributed by atoms with E-state index in [2.05, 4.69) is 0 Å². The highest BCUT2D eigenvalue weighted by Gasteiger charge is 2.41. The standard InChI is InChI=1S/C23H29FN2O4S.2ClH/c24-18-4-2-1-3-17(18)21(22(28)14-5-6-14)26-10-8-20(31)15(12-26)7-9-25-13-16(27)11-19(25)23(29)30;;/h1-4,7,14,16,19-21,27,31H,5-6,8-13H2,(H,29,30);2*1H/b15-7+;;/t16-,19+,20?,21?;;/m1../s1. The maximum absolute atomic E-state index is 14.6. The summed E-state index contributed by atoms with van der Waals surface area (Å²) in [6.07, 6.45) is 4.00. The topological polar surface area (TPSA) is 81.1 Å². The summed E-state index contributed by atoms with van der Waals surface area (Å²) in [4.78, 5) is 28.4. The van der Waals surface area contributed by atoms with Crippen LogP contribution >= 0.6 is 37.4 Å². The number of ketones is 1. The molecule has 0 spiro atoms. The van der Waals surface area contributed by atoms with E-state index < -0.39 is 24.2 Å². The number of nitrogens with zero attached hydrogens (tertiary/aromatic N) is 2. The van der Waals surface area contributed by atoms with Gasteiger partial charge in [0.2, 0.25) is 0 Å². The molecule has 33 heavy (non-hydrogen) atoms. The fourth-order valence-electron chi connectivity index (χ4n) is 4.70. The van der Waals surface area contributed by atoms with Crippen molar-refractivity contribution in [3.8, 4) is 0 Å². The number of carboxylic acid groups (broad SMARTS) is 1. The third kappa shape index (κ3) is 6.50. The molecule has 3 aliphatic rings. The molecule has 1 saturated carbocycles. The quantitative estimate of drug-likeness (QED) is 0.378. The predicted octanol–water partition coefficient (Wildman–Crippen LogP) is 3.14. The SMILES string of the molecule is Cl.Cl.O=C(C1CC1)C(c1ccccc1F)N1CCC(S)/C(=C/CN2C[C@H](O)C[C@H]2C(=O)O)C1. The van der Waals surface area contributed by atoms with Crippen LogP contribution in [-0.2, 0) is 9.59 Å². The minimum Gasteiger partial charge on any atom is -0.480 e. The summed E-state index contributed by atoms with van der Waals surface area (Å²) in [5.41, 5.74) is 1.43. The zero-order valence-electron chi connectivity index (χ0n) is 18.2. The van der Waals surface area contributed by atoms with E-state index in [4.69, 9.17) is 12.6 Å². The molecule has 1 aromatic carbocycles. The van der Waals surface area contributed by atoms with Crippen molar-refractivity contribution in [2.45, 2.75) is 49.1 Å². The maximum atomic E-state index is 14.6. The van der Waals surface area contributed by atoms with Gasteiger partial charge in [-0.25, -0.2) is 4.39 Å². The van der Waals surface area contributed by atoms with E-state index in [0.29, 0.717) is 31.7 Å². The first-order chi connectivity index (χ1) is 14.8. The summed E-state index contributed by atoms with van der Waals surface area (Å²) in [5, 5.41) is 19.3. The maximum Gasteiger partial charge on any atom is 0.321 e. The largest absolute Gasteiger partial charge is 0.480 e. The van der Waals surface area contributed by atoms with Crippen LogP contribution in [0.3, 0.4) is 0 Å². The van der Waals surface area contributed by atoms with Crippen LogP contribution in [0.25, 0.3) is 0 Å². The molecule has 0 radical (unpaired) electrons. The van der Waals surface area contributed by atoms with Crippen molar-refractivity contribution in [1.29, 1.82) is 0 Å². The third-order valence-electron chi connectivity index (χ3n) is 6.57. The van der Waals surface area contributed by atoms with Crippen molar-refractivity contribution >= 4 is 49.2 Å². The third-order valence-corrected chi connectivity index (χ3v) is 7.16. The first-order valence-electron chi connectivity index (χ1n) is 10.9. The fourth-order valence-corrected chi connectivity index (χ4v) is 5.01. The summed E-state index contributed by atoms with van der Waals surface area (Å²) >= 11 is 4.70. The lowest BCUT2D eigenvalue weighted by atomic mass is 9.93. The zero-order valence-corrected chi connectivity index (χ0v) is 20.7. The Morgan fingerprint density at radius 1 is 1.21 bits per heavy atom. The smallest absolute Gasteiger partial charge is 0.321 e. The summed E-state index contributed by atoms with van der Waals surface area (Å²) in [5.74, 6) is -1.21. The highest BCUT2D eigenvalue weighted by Crippen LogP contribution is 2.39. The Bertz CT molecular complexity index is 886. The van der Waals surface area contributed by atoms with Gasteiger partial charge in [0.15, 0.2) is 5.78 Å². The lowest BCUT2D eigenvalue weighted by molar-refractivity contribution is -0.142. The van der Waals surface area contributed by atoms with E-state index in [1.807, 2.05) is 11.0 Å². The second kappa shape index (κ2) is 12.0. The molecule has 0 amide bonds. The second-order valence-electron chi connectivity index (χ2n) is 8.85. The lowest BCUT2D eigenvalue weighted by Crippen LogP contribution is -2.43. The molecule has 10 heteroatoms. The van der Waals surface area contributed by atoms with E-state index in [1.165, 1.54) is 6.07 Å². The number of aliphatic hydroxyl groups is 1. The van der Waals surface area contributed by atoms with Gasteiger partial charge in [0.25, 0.3) is 0 Å². The first-order valence-corrected chi connectivity index (χ1v) is 11.4. The molecule has 4 rings (SSSR count). The van der Waals surface area contributed by atoms with Crippen molar-refractivity contribution in [3.63, 3.8) is 0 Å². The molecular formula is C23H31Cl2FN2O4S. The van der Waals surface area contributed by atoms with E-state index in [0.717, 1.165) is 24.8 Å². The van der Waals surface area contributed by atoms with Crippen LogP contribution in [0.5, 0.6) is 0 Å². The second-order valence-corrected chi connectivity index (χ2v) is 9.48. The highest BCUT2D eigenvalue weighted by molar-refractivity contribution is 7.81.